The van der Waals surface area contributed by atoms with E-state index in [0.717, 1.165) is 12.8 Å². The van der Waals surface area contributed by atoms with Crippen LogP contribution in [0.1, 0.15) is 62.0 Å². The number of carboxylic acid groups (broad SMARTS) is 1. The molecule has 27 heavy (non-hydrogen) atoms. The zero-order valence-electron chi connectivity index (χ0n) is 14.8. The summed E-state index contributed by atoms with van der Waals surface area (Å²) in [6, 6.07) is 1.02. The van der Waals surface area contributed by atoms with Crippen LogP contribution in [0.2, 0.25) is 0 Å². The fourth-order valence-corrected chi connectivity index (χ4v) is 3.90. The highest BCUT2D eigenvalue weighted by Gasteiger charge is 2.38. The molecule has 4 rings (SSSR count). The molecule has 4 N–H and O–H groups in total. The molecule has 0 saturated heterocycles. The molecule has 2 aliphatic carbocycles. The fourth-order valence-electron chi connectivity index (χ4n) is 3.90. The lowest BCUT2D eigenvalue weighted by molar-refractivity contribution is -0.0484. The molecule has 0 spiro atoms. The molecule has 2 fully saturated rings. The van der Waals surface area contributed by atoms with Crippen molar-refractivity contribution >= 4 is 11.9 Å². The smallest absolute Gasteiger partial charge is 0.405 e. The second-order valence-corrected chi connectivity index (χ2v) is 7.71. The van der Waals surface area contributed by atoms with E-state index in [2.05, 4.69) is 15.3 Å². The van der Waals surface area contributed by atoms with Crippen molar-refractivity contribution in [3.63, 3.8) is 0 Å². The second-order valence-electron chi connectivity index (χ2n) is 7.71. The molecule has 2 aromatic rings. The van der Waals surface area contributed by atoms with Crippen molar-refractivity contribution in [1.82, 2.24) is 19.7 Å². The molecule has 2 atom stereocenters. The molecule has 146 valence electrons. The topological polar surface area (TPSA) is 106 Å². The Morgan fingerprint density at radius 3 is 2.52 bits per heavy atom. The van der Waals surface area contributed by atoms with Gasteiger partial charge >= 0.3 is 6.09 Å². The zero-order chi connectivity index (χ0) is 19.2. The number of nitrogens with one attached hydrogen (secondary N) is 1. The van der Waals surface area contributed by atoms with Crippen molar-refractivity contribution in [2.75, 3.05) is 0 Å². The lowest BCUT2D eigenvalue weighted by Crippen LogP contribution is -2.31. The summed E-state index contributed by atoms with van der Waals surface area (Å²) in [5.74, 6) is -1.91. The van der Waals surface area contributed by atoms with Gasteiger partial charge in [-0.3, -0.25) is 4.40 Å². The second kappa shape index (κ2) is 6.70. The van der Waals surface area contributed by atoms with Crippen molar-refractivity contribution in [3.05, 3.63) is 29.8 Å². The van der Waals surface area contributed by atoms with E-state index < -0.39 is 18.1 Å². The Hall–Kier alpha value is -2.29. The first-order valence-electron chi connectivity index (χ1n) is 9.31. The molecule has 2 aromatic heterocycles. The average molecular weight is 379 g/mol. The minimum atomic E-state index is -2.58. The number of aromatic nitrogens is 3. The number of amides is 1. The number of rotatable bonds is 5. The van der Waals surface area contributed by atoms with Crippen LogP contribution in [0.15, 0.2) is 18.5 Å². The van der Waals surface area contributed by atoms with Crippen molar-refractivity contribution in [2.24, 2.45) is 17.6 Å². The van der Waals surface area contributed by atoms with E-state index in [-0.39, 0.29) is 30.7 Å². The molecule has 2 aliphatic rings. The first kappa shape index (κ1) is 18.1. The number of nitrogens with zero attached hydrogens (tertiary/aromatic N) is 3. The number of carbonyl (C=O) groups is 1. The third-order valence-corrected chi connectivity index (χ3v) is 5.67. The van der Waals surface area contributed by atoms with Gasteiger partial charge in [0.15, 0.2) is 0 Å². The Balaban J connectivity index is 1.54. The summed E-state index contributed by atoms with van der Waals surface area (Å²) >= 11 is 0. The summed E-state index contributed by atoms with van der Waals surface area (Å²) in [5.41, 5.74) is 7.57. The van der Waals surface area contributed by atoms with Crippen molar-refractivity contribution in [3.8, 4) is 0 Å². The summed E-state index contributed by atoms with van der Waals surface area (Å²) < 4.78 is 28.5. The molecule has 0 aliphatic heterocycles. The first-order chi connectivity index (χ1) is 12.8. The van der Waals surface area contributed by atoms with Crippen LogP contribution in [-0.2, 0) is 0 Å². The molecule has 9 heteroatoms. The highest BCUT2D eigenvalue weighted by Crippen LogP contribution is 2.41. The Morgan fingerprint density at radius 2 is 1.89 bits per heavy atom. The Labute approximate surface area is 155 Å². The summed E-state index contributed by atoms with van der Waals surface area (Å²) in [5, 5.41) is 11.6. The van der Waals surface area contributed by atoms with Crippen molar-refractivity contribution in [2.45, 2.75) is 56.5 Å². The van der Waals surface area contributed by atoms with E-state index in [0.29, 0.717) is 30.0 Å². The Bertz CT molecular complexity index is 841. The summed E-state index contributed by atoms with van der Waals surface area (Å²) in [4.78, 5) is 20.1. The van der Waals surface area contributed by atoms with Gasteiger partial charge in [0.05, 0.1) is 23.5 Å². The largest absolute Gasteiger partial charge is 0.465 e. The van der Waals surface area contributed by atoms with Crippen molar-refractivity contribution < 1.29 is 18.7 Å². The van der Waals surface area contributed by atoms with Crippen LogP contribution in [0.5, 0.6) is 0 Å². The molecule has 1 amide bonds. The predicted molar refractivity (Wildman–Crippen MR) is 93.4 cm³/mol. The number of fused-ring (bicyclic) bond motifs is 1. The van der Waals surface area contributed by atoms with Gasteiger partial charge in [-0.25, -0.2) is 23.5 Å². The molecule has 0 bridgehead atoms. The van der Waals surface area contributed by atoms with Gasteiger partial charge in [-0.15, -0.1) is 0 Å². The van der Waals surface area contributed by atoms with E-state index in [1.165, 1.54) is 0 Å². The van der Waals surface area contributed by atoms with Crippen LogP contribution in [0.3, 0.4) is 0 Å². The van der Waals surface area contributed by atoms with Gasteiger partial charge in [-0.05, 0) is 43.6 Å². The average Bonchev–Trinajstić information content (AvgIpc) is 3.36. The fraction of sp³-hybridized carbons (Fsp3) is 0.611. The molecule has 2 heterocycles. The standard InChI is InChI=1S/C18H23F2N5O2/c19-18(20)6-3-10(4-7-18)14(21)13-9-25-8-5-12(22-16(25)23-13)15(11-1-2-11)24-17(26)27/h5,8-11,14-15,24H,1-4,6-7,21H2,(H,26,27)/t14-,15+/m0/s1. The highest BCUT2D eigenvalue weighted by atomic mass is 19.3. The van der Waals surface area contributed by atoms with Crippen LogP contribution < -0.4 is 11.1 Å². The number of hydrogen-bond donors (Lipinski definition) is 3. The van der Waals surface area contributed by atoms with Gasteiger partial charge in [-0.1, -0.05) is 0 Å². The van der Waals surface area contributed by atoms with Gasteiger partial charge in [-0.2, -0.15) is 0 Å². The minimum Gasteiger partial charge on any atom is -0.465 e. The number of hydrogen-bond acceptors (Lipinski definition) is 4. The quantitative estimate of drug-likeness (QED) is 0.739. The van der Waals surface area contributed by atoms with E-state index in [9.17, 15) is 13.6 Å². The Morgan fingerprint density at radius 1 is 1.22 bits per heavy atom. The maximum absolute atomic E-state index is 13.4. The first-order valence-corrected chi connectivity index (χ1v) is 9.31. The third-order valence-electron chi connectivity index (χ3n) is 5.67. The number of nitrogens with two attached hydrogens (primary N) is 1. The molecule has 0 radical (unpaired) electrons. The van der Waals surface area contributed by atoms with Crippen LogP contribution in [0.4, 0.5) is 13.6 Å². The van der Waals surface area contributed by atoms with E-state index in [1.54, 1.807) is 22.9 Å². The van der Waals surface area contributed by atoms with Crippen LogP contribution >= 0.6 is 0 Å². The van der Waals surface area contributed by atoms with Gasteiger partial charge in [0.2, 0.25) is 11.7 Å². The monoisotopic (exact) mass is 379 g/mol. The SMILES string of the molecule is N[C@H](c1cn2ccc([C@H](NC(=O)O)C3CC3)nc2n1)C1CCC(F)(F)CC1. The Kier molecular flexibility index (Phi) is 4.49. The number of halogens is 2. The molecule has 0 unspecified atom stereocenters. The predicted octanol–water partition coefficient (Wildman–Crippen LogP) is 3.27. The van der Waals surface area contributed by atoms with Crippen LogP contribution in [0, 0.1) is 11.8 Å². The molecule has 2 saturated carbocycles. The molecular weight excluding hydrogens is 356 g/mol. The summed E-state index contributed by atoms with van der Waals surface area (Å²) in [6.45, 7) is 0. The van der Waals surface area contributed by atoms with Crippen LogP contribution in [-0.4, -0.2) is 31.5 Å². The lowest BCUT2D eigenvalue weighted by Gasteiger charge is -2.31. The van der Waals surface area contributed by atoms with E-state index >= 15 is 0 Å². The number of imidazole rings is 1. The molecular formula is C18H23F2N5O2. The van der Waals surface area contributed by atoms with E-state index in [1.807, 2.05) is 0 Å². The third kappa shape index (κ3) is 3.87. The minimum absolute atomic E-state index is 0.0260. The summed E-state index contributed by atoms with van der Waals surface area (Å²) in [7, 11) is 0. The summed E-state index contributed by atoms with van der Waals surface area (Å²) in [6.07, 6.45) is 4.92. The normalized spacial score (nSPS) is 22.5. The molecule has 0 aromatic carbocycles. The van der Waals surface area contributed by atoms with Crippen molar-refractivity contribution in [1.29, 1.82) is 0 Å². The highest BCUT2D eigenvalue weighted by molar-refractivity contribution is 5.65. The molecule has 7 nitrogen and oxygen atoms in total. The van der Waals surface area contributed by atoms with Gasteiger partial charge in [0.1, 0.15) is 0 Å². The van der Waals surface area contributed by atoms with Gasteiger partial charge < -0.3 is 16.2 Å². The maximum Gasteiger partial charge on any atom is 0.405 e. The van der Waals surface area contributed by atoms with E-state index in [4.69, 9.17) is 10.8 Å². The van der Waals surface area contributed by atoms with Gasteiger partial charge in [0.25, 0.3) is 0 Å². The van der Waals surface area contributed by atoms with Gasteiger partial charge in [0, 0.05) is 25.2 Å². The zero-order valence-corrected chi connectivity index (χ0v) is 14.8. The number of alkyl halides is 2. The maximum atomic E-state index is 13.4. The van der Waals surface area contributed by atoms with Crippen LogP contribution in [0.25, 0.3) is 5.78 Å². The lowest BCUT2D eigenvalue weighted by atomic mass is 9.81.